The van der Waals surface area contributed by atoms with Crippen LogP contribution in [0.1, 0.15) is 24.2 Å². The summed E-state index contributed by atoms with van der Waals surface area (Å²) in [6, 6.07) is 4.80. The number of hydrogen-bond acceptors (Lipinski definition) is 4. The number of primary amides is 1. The highest BCUT2D eigenvalue weighted by Gasteiger charge is 2.21. The fourth-order valence-electron chi connectivity index (χ4n) is 1.22. The third kappa shape index (κ3) is 3.37. The number of likely N-dealkylation sites (N-methyl/N-ethyl adjacent to an activating group) is 1. The summed E-state index contributed by atoms with van der Waals surface area (Å²) in [6.45, 7) is 4.64. The van der Waals surface area contributed by atoms with Gasteiger partial charge in [-0.25, -0.2) is 0 Å². The van der Waals surface area contributed by atoms with Gasteiger partial charge in [0, 0.05) is 11.1 Å². The second kappa shape index (κ2) is 5.27. The number of amides is 1. The van der Waals surface area contributed by atoms with Crippen LogP contribution in [0.2, 0.25) is 0 Å². The van der Waals surface area contributed by atoms with Gasteiger partial charge in [-0.1, -0.05) is 0 Å². The molecule has 0 saturated heterocycles. The lowest BCUT2D eigenvalue weighted by molar-refractivity contribution is 0.1000. The first-order valence-corrected chi connectivity index (χ1v) is 5.73. The van der Waals surface area contributed by atoms with E-state index in [1.54, 1.807) is 12.1 Å². The van der Waals surface area contributed by atoms with Gasteiger partial charge in [-0.2, -0.15) is 0 Å². The Hall–Kier alpha value is -1.75. The first-order valence-electron chi connectivity index (χ1n) is 5.73. The molecular formula is C13H21N3O2. The number of nitrogens with two attached hydrogens (primary N) is 2. The summed E-state index contributed by atoms with van der Waals surface area (Å²) in [5.41, 5.74) is 11.7. The average molecular weight is 251 g/mol. The summed E-state index contributed by atoms with van der Waals surface area (Å²) in [7, 11) is 3.98. The number of carbonyl (C=O) groups excluding carboxylic acids is 1. The molecule has 100 valence electrons. The van der Waals surface area contributed by atoms with Gasteiger partial charge in [-0.15, -0.1) is 0 Å². The molecule has 0 saturated carbocycles. The third-order valence-corrected chi connectivity index (χ3v) is 3.09. The summed E-state index contributed by atoms with van der Waals surface area (Å²) in [5.74, 6) is 0.0665. The quantitative estimate of drug-likeness (QED) is 0.767. The van der Waals surface area contributed by atoms with Crippen molar-refractivity contribution in [3.8, 4) is 5.75 Å². The number of nitrogens with zero attached hydrogens (tertiary/aromatic N) is 1. The van der Waals surface area contributed by atoms with Crippen molar-refractivity contribution in [1.29, 1.82) is 0 Å². The molecule has 0 heterocycles. The Kier molecular flexibility index (Phi) is 4.19. The van der Waals surface area contributed by atoms with Gasteiger partial charge in [-0.3, -0.25) is 4.79 Å². The molecule has 1 aromatic carbocycles. The summed E-state index contributed by atoms with van der Waals surface area (Å²) < 4.78 is 5.68. The standard InChI is InChI=1S/C13H21N3O2/c1-13(2,16(3)4)8-18-11-6-5-9(12(15)17)7-10(11)14/h5-7H,8,14H2,1-4H3,(H2,15,17). The maximum atomic E-state index is 11.0. The number of ether oxygens (including phenoxy) is 1. The molecule has 0 unspecified atom stereocenters. The van der Waals surface area contributed by atoms with Crippen LogP contribution in [-0.2, 0) is 0 Å². The first-order chi connectivity index (χ1) is 8.24. The Labute approximate surface area is 108 Å². The maximum Gasteiger partial charge on any atom is 0.248 e. The maximum absolute atomic E-state index is 11.0. The average Bonchev–Trinajstić information content (AvgIpc) is 2.26. The van der Waals surface area contributed by atoms with Crippen molar-refractivity contribution in [2.24, 2.45) is 5.73 Å². The van der Waals surface area contributed by atoms with E-state index >= 15 is 0 Å². The molecule has 1 rings (SSSR count). The first kappa shape index (κ1) is 14.3. The van der Waals surface area contributed by atoms with Crippen LogP contribution in [0.3, 0.4) is 0 Å². The minimum absolute atomic E-state index is 0.102. The fraction of sp³-hybridized carbons (Fsp3) is 0.462. The van der Waals surface area contributed by atoms with E-state index in [0.29, 0.717) is 23.6 Å². The number of nitrogen functional groups attached to an aromatic ring is 1. The predicted molar refractivity (Wildman–Crippen MR) is 72.6 cm³/mol. The van der Waals surface area contributed by atoms with Gasteiger partial charge < -0.3 is 21.1 Å². The van der Waals surface area contributed by atoms with Crippen LogP contribution in [0.25, 0.3) is 0 Å². The van der Waals surface area contributed by atoms with Gasteiger partial charge in [0.05, 0.1) is 5.69 Å². The molecule has 0 aliphatic rings. The fourth-order valence-corrected chi connectivity index (χ4v) is 1.22. The van der Waals surface area contributed by atoms with Crippen LogP contribution >= 0.6 is 0 Å². The number of carbonyl (C=O) groups is 1. The summed E-state index contributed by atoms with van der Waals surface area (Å²) in [5, 5.41) is 0. The molecular weight excluding hydrogens is 230 g/mol. The molecule has 1 aromatic rings. The lowest BCUT2D eigenvalue weighted by atomic mass is 10.1. The lowest BCUT2D eigenvalue weighted by Crippen LogP contribution is -2.43. The van der Waals surface area contributed by atoms with Crippen molar-refractivity contribution in [2.45, 2.75) is 19.4 Å². The number of hydrogen-bond donors (Lipinski definition) is 2. The van der Waals surface area contributed by atoms with Crippen LogP contribution in [0.15, 0.2) is 18.2 Å². The third-order valence-electron chi connectivity index (χ3n) is 3.09. The van der Waals surface area contributed by atoms with Gasteiger partial charge in [0.1, 0.15) is 12.4 Å². The van der Waals surface area contributed by atoms with Crippen LogP contribution < -0.4 is 16.2 Å². The van der Waals surface area contributed by atoms with E-state index in [1.807, 2.05) is 14.1 Å². The highest BCUT2D eigenvalue weighted by molar-refractivity contribution is 5.94. The zero-order chi connectivity index (χ0) is 13.9. The van der Waals surface area contributed by atoms with Crippen molar-refractivity contribution in [1.82, 2.24) is 4.90 Å². The zero-order valence-corrected chi connectivity index (χ0v) is 11.4. The van der Waals surface area contributed by atoms with E-state index in [-0.39, 0.29) is 5.54 Å². The zero-order valence-electron chi connectivity index (χ0n) is 11.4. The highest BCUT2D eigenvalue weighted by atomic mass is 16.5. The van der Waals surface area contributed by atoms with Gasteiger partial charge in [0.25, 0.3) is 0 Å². The molecule has 4 N–H and O–H groups in total. The largest absolute Gasteiger partial charge is 0.490 e. The van der Waals surface area contributed by atoms with Crippen molar-refractivity contribution in [3.63, 3.8) is 0 Å². The predicted octanol–water partition coefficient (Wildman–Crippen LogP) is 1.09. The van der Waals surface area contributed by atoms with Crippen LogP contribution in [0, 0.1) is 0 Å². The van der Waals surface area contributed by atoms with Crippen molar-refractivity contribution < 1.29 is 9.53 Å². The smallest absolute Gasteiger partial charge is 0.248 e. The molecule has 1 amide bonds. The van der Waals surface area contributed by atoms with Gasteiger partial charge in [0.15, 0.2) is 0 Å². The monoisotopic (exact) mass is 251 g/mol. The second-order valence-corrected chi connectivity index (χ2v) is 5.11. The van der Waals surface area contributed by atoms with Gasteiger partial charge >= 0.3 is 0 Å². The van der Waals surface area contributed by atoms with Crippen molar-refractivity contribution in [3.05, 3.63) is 23.8 Å². The molecule has 5 nitrogen and oxygen atoms in total. The lowest BCUT2D eigenvalue weighted by Gasteiger charge is -2.32. The molecule has 0 spiro atoms. The Morgan fingerprint density at radius 2 is 2.00 bits per heavy atom. The normalized spacial score (nSPS) is 11.6. The summed E-state index contributed by atoms with van der Waals surface area (Å²) in [4.78, 5) is 13.1. The summed E-state index contributed by atoms with van der Waals surface area (Å²) >= 11 is 0. The van der Waals surface area contributed by atoms with E-state index in [1.165, 1.54) is 6.07 Å². The highest BCUT2D eigenvalue weighted by Crippen LogP contribution is 2.24. The molecule has 0 radical (unpaired) electrons. The molecule has 18 heavy (non-hydrogen) atoms. The van der Waals surface area contributed by atoms with E-state index in [2.05, 4.69) is 18.7 Å². The SMILES string of the molecule is CN(C)C(C)(C)COc1ccc(C(N)=O)cc1N. The van der Waals surface area contributed by atoms with Crippen LogP contribution in [-0.4, -0.2) is 37.0 Å². The Morgan fingerprint density at radius 3 is 2.44 bits per heavy atom. The molecule has 0 atom stereocenters. The van der Waals surface area contributed by atoms with Crippen molar-refractivity contribution >= 4 is 11.6 Å². The summed E-state index contributed by atoms with van der Waals surface area (Å²) in [6.07, 6.45) is 0. The Bertz CT molecular complexity index is 442. The van der Waals surface area contributed by atoms with Crippen LogP contribution in [0.5, 0.6) is 5.75 Å². The molecule has 0 bridgehead atoms. The minimum atomic E-state index is -0.498. The van der Waals surface area contributed by atoms with E-state index in [9.17, 15) is 4.79 Å². The molecule has 0 aliphatic heterocycles. The van der Waals surface area contributed by atoms with E-state index < -0.39 is 5.91 Å². The van der Waals surface area contributed by atoms with Crippen molar-refractivity contribution in [2.75, 3.05) is 26.4 Å². The number of anilines is 1. The molecule has 0 aromatic heterocycles. The Balaban J connectivity index is 2.78. The Morgan fingerprint density at radius 1 is 1.39 bits per heavy atom. The van der Waals surface area contributed by atoms with Gasteiger partial charge in [-0.05, 0) is 46.1 Å². The second-order valence-electron chi connectivity index (χ2n) is 5.11. The minimum Gasteiger partial charge on any atom is -0.490 e. The molecule has 0 fully saturated rings. The van der Waals surface area contributed by atoms with Gasteiger partial charge in [0.2, 0.25) is 5.91 Å². The molecule has 0 aliphatic carbocycles. The molecule has 5 heteroatoms. The van der Waals surface area contributed by atoms with E-state index in [0.717, 1.165) is 0 Å². The van der Waals surface area contributed by atoms with E-state index in [4.69, 9.17) is 16.2 Å². The number of benzene rings is 1. The topological polar surface area (TPSA) is 81.6 Å². The van der Waals surface area contributed by atoms with Crippen LogP contribution in [0.4, 0.5) is 5.69 Å². The number of rotatable bonds is 5.